The Morgan fingerprint density at radius 2 is 0.662 bits per heavy atom. The molecule has 2 aromatic carbocycles. The van der Waals surface area contributed by atoms with Gasteiger partial charge in [-0.05, 0) is 79.6 Å². The van der Waals surface area contributed by atoms with Gasteiger partial charge in [-0.3, -0.25) is 4.79 Å². The number of rotatable bonds is 55. The van der Waals surface area contributed by atoms with Crippen LogP contribution >= 0.6 is 19.0 Å². The molecule has 2 rings (SSSR count). The molecule has 71 heavy (non-hydrogen) atoms. The van der Waals surface area contributed by atoms with Gasteiger partial charge in [0.1, 0.15) is 11.5 Å². The highest BCUT2D eigenvalue weighted by molar-refractivity contribution is 8.53. The molecule has 0 spiro atoms. The number of hydrogen-bond donors (Lipinski definition) is 0. The van der Waals surface area contributed by atoms with Crippen molar-refractivity contribution in [1.82, 2.24) is 0 Å². The van der Waals surface area contributed by atoms with Gasteiger partial charge < -0.3 is 13.8 Å². The van der Waals surface area contributed by atoms with Crippen molar-refractivity contribution < 1.29 is 18.6 Å². The van der Waals surface area contributed by atoms with Crippen LogP contribution < -0.4 is 9.05 Å². The van der Waals surface area contributed by atoms with E-state index < -0.39 is 7.58 Å². The van der Waals surface area contributed by atoms with Gasteiger partial charge in [0.05, 0.1) is 6.61 Å². The van der Waals surface area contributed by atoms with Crippen molar-refractivity contribution in [3.05, 3.63) is 59.7 Å². The summed E-state index contributed by atoms with van der Waals surface area (Å²) in [5.41, 5.74) is 2.67. The van der Waals surface area contributed by atoms with Crippen molar-refractivity contribution in [3.63, 3.8) is 0 Å². The molecule has 0 radical (unpaired) electrons. The third-order valence-corrected chi connectivity index (χ3v) is 17.6. The number of esters is 1. The number of para-hydroxylation sites is 2. The van der Waals surface area contributed by atoms with Crippen LogP contribution in [0.3, 0.4) is 0 Å². The first-order valence-corrected chi connectivity index (χ1v) is 34.0. The Balaban J connectivity index is 1.68. The van der Waals surface area contributed by atoms with Gasteiger partial charge in [-0.2, -0.15) is 0 Å². The minimum Gasteiger partial charge on any atom is -0.466 e. The fraction of sp³-hybridized carbons (Fsp3) is 0.800. The molecule has 4 nitrogen and oxygen atoms in total. The molecule has 0 fully saturated rings. The van der Waals surface area contributed by atoms with E-state index in [9.17, 15) is 4.79 Å². The smallest absolute Gasteiger partial charge is 0.360 e. The van der Waals surface area contributed by atoms with E-state index in [4.69, 9.17) is 13.8 Å². The number of carbonyl (C=O) groups excluding carboxylic acids is 1. The highest BCUT2D eigenvalue weighted by Gasteiger charge is 2.20. The quantitative estimate of drug-likeness (QED) is 0.0375. The molecule has 0 heterocycles. The Labute approximate surface area is 447 Å². The molecule has 0 aromatic heterocycles. The number of carbonyl (C=O) groups is 1. The predicted octanol–water partition coefficient (Wildman–Crippen LogP) is 23.3. The SMILES string of the molecule is CCCCCCCCCCCCCOC(=O)CCCCCCCCCCCCCSP(Oc1ccccc1CCCCCCCCCCCCC)Oc1ccccc1CCCCCCCCCCCCC. The molecule has 6 heteroatoms. The topological polar surface area (TPSA) is 44.8 Å². The molecular formula is C65H115O4PS. The van der Waals surface area contributed by atoms with Crippen molar-refractivity contribution in [2.45, 2.75) is 323 Å². The van der Waals surface area contributed by atoms with Crippen LogP contribution in [0.5, 0.6) is 11.5 Å². The summed E-state index contributed by atoms with van der Waals surface area (Å²) in [6.07, 6.45) is 61.1. The molecule has 0 bridgehead atoms. The fourth-order valence-electron chi connectivity index (χ4n) is 9.92. The zero-order chi connectivity index (χ0) is 50.6. The summed E-state index contributed by atoms with van der Waals surface area (Å²) in [7, 11) is -1.18. The maximum absolute atomic E-state index is 12.2. The van der Waals surface area contributed by atoms with E-state index in [0.717, 1.165) is 49.4 Å². The Kier molecular flexibility index (Phi) is 47.7. The van der Waals surface area contributed by atoms with Crippen molar-refractivity contribution in [2.24, 2.45) is 0 Å². The van der Waals surface area contributed by atoms with E-state index in [1.807, 2.05) is 11.4 Å². The molecule has 0 N–H and O–H groups in total. The summed E-state index contributed by atoms with van der Waals surface area (Å²) in [5.74, 6) is 3.13. The lowest BCUT2D eigenvalue weighted by atomic mass is 10.0. The first kappa shape index (κ1) is 65.4. The minimum absolute atomic E-state index is 0.0119. The maximum Gasteiger partial charge on any atom is 0.360 e. The zero-order valence-corrected chi connectivity index (χ0v) is 49.0. The molecule has 0 aliphatic heterocycles. The van der Waals surface area contributed by atoms with E-state index in [0.29, 0.717) is 13.0 Å². The Morgan fingerprint density at radius 3 is 1.03 bits per heavy atom. The van der Waals surface area contributed by atoms with Gasteiger partial charge in [-0.1, -0.05) is 308 Å². The average molecular weight is 1020 g/mol. The summed E-state index contributed by atoms with van der Waals surface area (Å²) in [5, 5.41) is 0. The molecule has 0 saturated carbocycles. The van der Waals surface area contributed by atoms with Crippen LogP contribution in [-0.4, -0.2) is 18.3 Å². The first-order valence-electron chi connectivity index (χ1n) is 31.3. The van der Waals surface area contributed by atoms with Crippen LogP contribution in [0.4, 0.5) is 0 Å². The summed E-state index contributed by atoms with van der Waals surface area (Å²) < 4.78 is 19.3. The van der Waals surface area contributed by atoms with Crippen molar-refractivity contribution in [3.8, 4) is 11.5 Å². The van der Waals surface area contributed by atoms with Gasteiger partial charge in [-0.25, -0.2) is 0 Å². The number of aryl methyl sites for hydroxylation is 2. The molecule has 0 saturated heterocycles. The van der Waals surface area contributed by atoms with E-state index in [1.54, 1.807) is 0 Å². The molecule has 0 aliphatic rings. The predicted molar refractivity (Wildman–Crippen MR) is 317 cm³/mol. The third kappa shape index (κ3) is 41.3. The second-order valence-corrected chi connectivity index (χ2v) is 24.6. The highest BCUT2D eigenvalue weighted by atomic mass is 32.7. The lowest BCUT2D eigenvalue weighted by molar-refractivity contribution is -0.143. The van der Waals surface area contributed by atoms with Gasteiger partial charge in [0.2, 0.25) is 0 Å². The van der Waals surface area contributed by atoms with Crippen LogP contribution in [0.15, 0.2) is 48.5 Å². The number of unbranched alkanes of at least 4 members (excludes halogenated alkanes) is 40. The molecule has 0 unspecified atom stereocenters. The van der Waals surface area contributed by atoms with Crippen LogP contribution in [0.1, 0.15) is 321 Å². The zero-order valence-electron chi connectivity index (χ0n) is 47.3. The molecule has 2 aromatic rings. The monoisotopic (exact) mass is 1020 g/mol. The summed E-state index contributed by atoms with van der Waals surface area (Å²) in [4.78, 5) is 12.2. The highest BCUT2D eigenvalue weighted by Crippen LogP contribution is 2.53. The summed E-state index contributed by atoms with van der Waals surface area (Å²) in [6.45, 7) is 7.50. The lowest BCUT2D eigenvalue weighted by Gasteiger charge is -2.21. The number of hydrogen-bond acceptors (Lipinski definition) is 5. The molecule has 0 aliphatic carbocycles. The minimum atomic E-state index is -1.18. The summed E-state index contributed by atoms with van der Waals surface area (Å²) >= 11 is 1.90. The van der Waals surface area contributed by atoms with Crippen molar-refractivity contribution in [1.29, 1.82) is 0 Å². The average Bonchev–Trinajstić information content (AvgIpc) is 3.38. The standard InChI is InChI=1S/C65H115O4PS/c1-4-7-10-13-16-19-23-28-33-38-43-52-61-54-46-48-56-63(61)68-70(69-64-57-49-47-55-62(64)53-44-39-34-29-24-20-17-14-11-8-5-2)71-60-51-42-37-32-27-22-25-30-35-40-45-58-65(66)67-59-50-41-36-31-26-21-18-15-12-9-6-3/h46-49,54-57H,4-45,50-53,58-60H2,1-3H3. The second-order valence-electron chi connectivity index (χ2n) is 21.4. The first-order chi connectivity index (χ1) is 35.2. The van der Waals surface area contributed by atoms with Crippen molar-refractivity contribution >= 4 is 24.9 Å². The van der Waals surface area contributed by atoms with Crippen LogP contribution in [0.2, 0.25) is 0 Å². The molecule has 0 amide bonds. The van der Waals surface area contributed by atoms with E-state index >= 15 is 0 Å². The van der Waals surface area contributed by atoms with Gasteiger partial charge >= 0.3 is 13.5 Å². The molecule has 0 atom stereocenters. The summed E-state index contributed by atoms with van der Waals surface area (Å²) in [6, 6.07) is 17.6. The van der Waals surface area contributed by atoms with Gasteiger partial charge in [0, 0.05) is 12.2 Å². The van der Waals surface area contributed by atoms with E-state index in [-0.39, 0.29) is 5.97 Å². The van der Waals surface area contributed by atoms with Crippen LogP contribution in [0, 0.1) is 0 Å². The molecular weight excluding hydrogens is 908 g/mol. The molecule has 410 valence electrons. The van der Waals surface area contributed by atoms with Crippen LogP contribution in [0.25, 0.3) is 0 Å². The fourth-order valence-corrected chi connectivity index (χ4v) is 12.9. The Morgan fingerprint density at radius 1 is 0.366 bits per heavy atom. The normalized spacial score (nSPS) is 11.5. The lowest BCUT2D eigenvalue weighted by Crippen LogP contribution is -2.05. The number of ether oxygens (including phenoxy) is 1. The number of benzene rings is 2. The second kappa shape index (κ2) is 51.8. The Bertz CT molecular complexity index is 1350. The Hall–Kier alpha value is -1.71. The largest absolute Gasteiger partial charge is 0.466 e. The van der Waals surface area contributed by atoms with Gasteiger partial charge in [0.25, 0.3) is 0 Å². The van der Waals surface area contributed by atoms with E-state index in [1.165, 1.54) is 274 Å². The third-order valence-electron chi connectivity index (χ3n) is 14.6. The van der Waals surface area contributed by atoms with E-state index in [2.05, 4.69) is 69.3 Å². The van der Waals surface area contributed by atoms with Gasteiger partial charge in [0.15, 0.2) is 0 Å². The van der Waals surface area contributed by atoms with Gasteiger partial charge in [-0.15, -0.1) is 0 Å². The van der Waals surface area contributed by atoms with Crippen molar-refractivity contribution in [2.75, 3.05) is 12.4 Å². The van der Waals surface area contributed by atoms with Crippen LogP contribution in [-0.2, 0) is 22.4 Å². The maximum atomic E-state index is 12.2.